The van der Waals surface area contributed by atoms with Gasteiger partial charge in [0.2, 0.25) is 0 Å². The summed E-state index contributed by atoms with van der Waals surface area (Å²) in [6.45, 7) is 1.53. The lowest BCUT2D eigenvalue weighted by atomic mass is 10.1. The van der Waals surface area contributed by atoms with Crippen LogP contribution in [0.2, 0.25) is 0 Å². The second kappa shape index (κ2) is 7.83. The fourth-order valence-corrected chi connectivity index (χ4v) is 4.10. The summed E-state index contributed by atoms with van der Waals surface area (Å²) in [5.41, 5.74) is 12.7. The minimum absolute atomic E-state index is 0.0238. The maximum Gasteiger partial charge on any atom is 0.272 e. The van der Waals surface area contributed by atoms with Crippen LogP contribution < -0.4 is 16.8 Å². The molecule has 1 aromatic heterocycles. The standard InChI is InChI=1S/C21H24FN7O/c1-26-20(29-9-12-13(10-29)18(12)25)17(8-23)28-21(30)19-15(24)6-7-16(27-19)11-4-2-3-5-14(11)22/h2-8,12-13,17-18,23H,9-10,24-25H2,1H3,(H,28,30). The number of amidine groups is 1. The van der Waals surface area contributed by atoms with E-state index in [1.165, 1.54) is 12.1 Å². The number of pyridine rings is 1. The summed E-state index contributed by atoms with van der Waals surface area (Å²) in [6, 6.07) is 8.78. The summed E-state index contributed by atoms with van der Waals surface area (Å²) >= 11 is 0. The molecule has 2 aliphatic rings. The molecule has 0 bridgehead atoms. The first-order chi connectivity index (χ1) is 14.4. The molecule has 6 N–H and O–H groups in total. The summed E-state index contributed by atoms with van der Waals surface area (Å²) in [7, 11) is 1.63. The molecular weight excluding hydrogens is 385 g/mol. The Labute approximate surface area is 173 Å². The van der Waals surface area contributed by atoms with Crippen molar-refractivity contribution in [1.29, 1.82) is 5.41 Å². The fourth-order valence-electron chi connectivity index (χ4n) is 4.10. The van der Waals surface area contributed by atoms with E-state index < -0.39 is 17.8 Å². The molecule has 2 aromatic rings. The normalized spacial score (nSPS) is 23.6. The minimum atomic E-state index is -0.727. The van der Waals surface area contributed by atoms with E-state index >= 15 is 0 Å². The molecule has 8 nitrogen and oxygen atoms in total. The molecule has 1 aliphatic carbocycles. The van der Waals surface area contributed by atoms with Crippen LogP contribution in [0.5, 0.6) is 0 Å². The molecule has 156 valence electrons. The number of nitrogens with two attached hydrogens (primary N) is 2. The summed E-state index contributed by atoms with van der Waals surface area (Å²) in [4.78, 5) is 23.6. The zero-order valence-electron chi connectivity index (χ0n) is 16.5. The van der Waals surface area contributed by atoms with Crippen molar-refractivity contribution >= 4 is 23.6 Å². The number of halogens is 1. The summed E-state index contributed by atoms with van der Waals surface area (Å²) in [5, 5.41) is 10.6. The Bertz CT molecular complexity index is 1010. The van der Waals surface area contributed by atoms with E-state index in [0.29, 0.717) is 23.4 Å². The molecule has 9 heteroatoms. The summed E-state index contributed by atoms with van der Waals surface area (Å²) < 4.78 is 14.1. The molecule has 0 radical (unpaired) electrons. The molecule has 0 spiro atoms. The fraction of sp³-hybridized carbons (Fsp3) is 0.333. The molecule has 3 unspecified atom stereocenters. The van der Waals surface area contributed by atoms with E-state index in [1.807, 2.05) is 0 Å². The topological polar surface area (TPSA) is 133 Å². The van der Waals surface area contributed by atoms with Crippen LogP contribution in [0, 0.1) is 23.1 Å². The van der Waals surface area contributed by atoms with E-state index in [2.05, 4.69) is 20.2 Å². The molecular formula is C21H24FN7O. The second-order valence-corrected chi connectivity index (χ2v) is 7.62. The monoisotopic (exact) mass is 409 g/mol. The summed E-state index contributed by atoms with van der Waals surface area (Å²) in [6.07, 6.45) is 1.13. The van der Waals surface area contributed by atoms with Crippen molar-refractivity contribution in [1.82, 2.24) is 15.2 Å². The average Bonchev–Trinajstić information content (AvgIpc) is 3.13. The maximum absolute atomic E-state index is 14.1. The van der Waals surface area contributed by atoms with Crippen LogP contribution in [0.15, 0.2) is 41.4 Å². The Morgan fingerprint density at radius 2 is 2.03 bits per heavy atom. The van der Waals surface area contributed by atoms with Crippen LogP contribution in [0.1, 0.15) is 10.5 Å². The van der Waals surface area contributed by atoms with Crippen molar-refractivity contribution in [3.8, 4) is 11.3 Å². The van der Waals surface area contributed by atoms with Gasteiger partial charge < -0.3 is 27.1 Å². The third-order valence-electron chi connectivity index (χ3n) is 5.84. The Balaban J connectivity index is 1.54. The SMILES string of the molecule is CN=C(C(C=N)NC(=O)c1nc(-c2ccccc2F)ccc1N)N1CC2C(N)C2C1. The first-order valence-corrected chi connectivity index (χ1v) is 9.74. The van der Waals surface area contributed by atoms with Gasteiger partial charge in [-0.3, -0.25) is 9.79 Å². The highest BCUT2D eigenvalue weighted by Gasteiger charge is 2.54. The van der Waals surface area contributed by atoms with Crippen molar-refractivity contribution in [2.24, 2.45) is 22.6 Å². The van der Waals surface area contributed by atoms with Crippen LogP contribution >= 0.6 is 0 Å². The maximum atomic E-state index is 14.1. The highest BCUT2D eigenvalue weighted by atomic mass is 19.1. The number of hydrogen-bond donors (Lipinski definition) is 4. The van der Waals surface area contributed by atoms with Crippen molar-refractivity contribution in [2.45, 2.75) is 12.1 Å². The number of carbonyl (C=O) groups excluding carboxylic acids is 1. The molecule has 1 aromatic carbocycles. The van der Waals surface area contributed by atoms with Gasteiger partial charge in [-0.2, -0.15) is 0 Å². The quantitative estimate of drug-likeness (QED) is 0.434. The van der Waals surface area contributed by atoms with Gasteiger partial charge in [-0.25, -0.2) is 9.37 Å². The Kier molecular flexibility index (Phi) is 5.21. The highest BCUT2D eigenvalue weighted by Crippen LogP contribution is 2.44. The number of amides is 1. The van der Waals surface area contributed by atoms with Crippen molar-refractivity contribution in [3.63, 3.8) is 0 Å². The number of rotatable bonds is 5. The number of benzene rings is 1. The van der Waals surface area contributed by atoms with Gasteiger partial charge in [-0.05, 0) is 36.1 Å². The number of hydrogen-bond acceptors (Lipinski definition) is 6. The van der Waals surface area contributed by atoms with Crippen LogP contribution in [0.3, 0.4) is 0 Å². The number of carbonyl (C=O) groups is 1. The number of likely N-dealkylation sites (tertiary alicyclic amines) is 1. The minimum Gasteiger partial charge on any atom is -0.397 e. The zero-order valence-corrected chi connectivity index (χ0v) is 16.5. The predicted molar refractivity (Wildman–Crippen MR) is 114 cm³/mol. The Hall–Kier alpha value is -3.33. The number of nitrogens with one attached hydrogen (secondary N) is 2. The lowest BCUT2D eigenvalue weighted by Crippen LogP contribution is -2.50. The molecule has 1 saturated carbocycles. The largest absolute Gasteiger partial charge is 0.397 e. The number of nitrogens with zero attached hydrogens (tertiary/aromatic N) is 3. The van der Waals surface area contributed by atoms with Gasteiger partial charge in [0.05, 0.1) is 11.4 Å². The lowest BCUT2D eigenvalue weighted by molar-refractivity contribution is 0.0949. The van der Waals surface area contributed by atoms with Crippen molar-refractivity contribution in [2.75, 3.05) is 25.9 Å². The van der Waals surface area contributed by atoms with Crippen LogP contribution in [0.4, 0.5) is 10.1 Å². The molecule has 3 atom stereocenters. The summed E-state index contributed by atoms with van der Waals surface area (Å²) in [5.74, 6) is 0.491. The number of aromatic nitrogens is 1. The zero-order chi connectivity index (χ0) is 21.4. The average molecular weight is 409 g/mol. The predicted octanol–water partition coefficient (Wildman–Crippen LogP) is 1.14. The molecule has 1 saturated heterocycles. The Morgan fingerprint density at radius 3 is 2.67 bits per heavy atom. The van der Waals surface area contributed by atoms with E-state index in [1.54, 1.807) is 31.3 Å². The number of anilines is 1. The van der Waals surface area contributed by atoms with Crippen LogP contribution in [0.25, 0.3) is 11.3 Å². The van der Waals surface area contributed by atoms with E-state index in [9.17, 15) is 9.18 Å². The smallest absolute Gasteiger partial charge is 0.272 e. The van der Waals surface area contributed by atoms with Gasteiger partial charge >= 0.3 is 0 Å². The third kappa shape index (κ3) is 3.52. The van der Waals surface area contributed by atoms with Gasteiger partial charge in [0.15, 0.2) is 5.69 Å². The molecule has 2 fully saturated rings. The van der Waals surface area contributed by atoms with Gasteiger partial charge in [0, 0.05) is 38.0 Å². The van der Waals surface area contributed by atoms with E-state index in [4.69, 9.17) is 16.9 Å². The molecule has 4 rings (SSSR count). The van der Waals surface area contributed by atoms with E-state index in [0.717, 1.165) is 19.3 Å². The third-order valence-corrected chi connectivity index (χ3v) is 5.84. The van der Waals surface area contributed by atoms with Gasteiger partial charge in [-0.15, -0.1) is 0 Å². The first-order valence-electron chi connectivity index (χ1n) is 9.74. The number of nitrogen functional groups attached to an aromatic ring is 1. The molecule has 2 heterocycles. The van der Waals surface area contributed by atoms with Gasteiger partial charge in [0.25, 0.3) is 5.91 Å². The van der Waals surface area contributed by atoms with Crippen molar-refractivity contribution < 1.29 is 9.18 Å². The number of aliphatic imine (C=N–C) groups is 1. The number of piperidine rings is 1. The second-order valence-electron chi connectivity index (χ2n) is 7.62. The van der Waals surface area contributed by atoms with Gasteiger partial charge in [0.1, 0.15) is 17.7 Å². The lowest BCUT2D eigenvalue weighted by Gasteiger charge is -2.27. The van der Waals surface area contributed by atoms with Crippen molar-refractivity contribution in [3.05, 3.63) is 47.9 Å². The van der Waals surface area contributed by atoms with Crippen LogP contribution in [-0.2, 0) is 0 Å². The first kappa shape index (κ1) is 20.0. The van der Waals surface area contributed by atoms with E-state index in [-0.39, 0.29) is 23.0 Å². The van der Waals surface area contributed by atoms with Gasteiger partial charge in [-0.1, -0.05) is 12.1 Å². The Morgan fingerprint density at radius 1 is 1.33 bits per heavy atom. The highest BCUT2D eigenvalue weighted by molar-refractivity contribution is 6.07. The molecule has 30 heavy (non-hydrogen) atoms. The number of fused-ring (bicyclic) bond motifs is 1. The molecule has 1 aliphatic heterocycles. The van der Waals surface area contributed by atoms with Crippen LogP contribution in [-0.4, -0.2) is 60.1 Å². The molecule has 1 amide bonds.